The minimum absolute atomic E-state index is 0.0718. The molecule has 0 heterocycles. The van der Waals surface area contributed by atoms with Crippen LogP contribution in [0.4, 0.5) is 0 Å². The maximum atomic E-state index is 10.7. The summed E-state index contributed by atoms with van der Waals surface area (Å²) in [6.07, 6.45) is 33.3. The first-order valence-corrected chi connectivity index (χ1v) is 16.6. The maximum absolute atomic E-state index is 10.7. The summed E-state index contributed by atoms with van der Waals surface area (Å²) >= 11 is 0. The van der Waals surface area contributed by atoms with Gasteiger partial charge in [-0.25, -0.2) is 0 Å². The zero-order valence-corrected chi connectivity index (χ0v) is 24.9. The van der Waals surface area contributed by atoms with Gasteiger partial charge in [0, 0.05) is 0 Å². The molecular weight excluding hydrogens is 452 g/mol. The maximum Gasteiger partial charge on any atom is 0.0877 e. The largest absolute Gasteiger partial charge is 0.393 e. The van der Waals surface area contributed by atoms with Gasteiger partial charge in [-0.05, 0) is 31.2 Å². The van der Waals surface area contributed by atoms with Crippen LogP contribution in [0.15, 0.2) is 30.3 Å². The summed E-state index contributed by atoms with van der Waals surface area (Å²) < 4.78 is 0. The molecule has 2 heteroatoms. The normalized spacial score (nSPS) is 13.2. The molecule has 0 bridgehead atoms. The summed E-state index contributed by atoms with van der Waals surface area (Å²) in [5.74, 6) is 0. The van der Waals surface area contributed by atoms with Crippen molar-refractivity contribution < 1.29 is 10.2 Å². The third-order valence-corrected chi connectivity index (χ3v) is 8.24. The van der Waals surface area contributed by atoms with Gasteiger partial charge >= 0.3 is 0 Å². The Balaban J connectivity index is 1.78. The lowest BCUT2D eigenvalue weighted by molar-refractivity contribution is -0.0314. The van der Waals surface area contributed by atoms with Crippen LogP contribution in [-0.2, 0) is 6.42 Å². The van der Waals surface area contributed by atoms with Crippen LogP contribution in [0.25, 0.3) is 0 Å². The molecule has 0 radical (unpaired) electrons. The number of aryl methyl sites for hydroxylation is 1. The van der Waals surface area contributed by atoms with Gasteiger partial charge in [-0.1, -0.05) is 179 Å². The molecule has 0 aliphatic carbocycles. The monoisotopic (exact) mass is 516 g/mol. The van der Waals surface area contributed by atoms with Crippen molar-refractivity contribution >= 4 is 0 Å². The average molecular weight is 517 g/mol. The molecule has 0 aliphatic rings. The van der Waals surface area contributed by atoms with Gasteiger partial charge in [-0.2, -0.15) is 0 Å². The Morgan fingerprint density at radius 1 is 0.486 bits per heavy atom. The smallest absolute Gasteiger partial charge is 0.0877 e. The molecule has 37 heavy (non-hydrogen) atoms. The Hall–Kier alpha value is -0.860. The second-order valence-electron chi connectivity index (χ2n) is 11.9. The molecule has 2 nitrogen and oxygen atoms in total. The van der Waals surface area contributed by atoms with Gasteiger partial charge in [-0.15, -0.1) is 0 Å². The average Bonchev–Trinajstić information content (AvgIpc) is 2.92. The van der Waals surface area contributed by atoms with Gasteiger partial charge in [-0.3, -0.25) is 0 Å². The van der Waals surface area contributed by atoms with Gasteiger partial charge in [0.15, 0.2) is 0 Å². The number of unbranched alkanes of at least 4 members (excludes halogenated alkanes) is 21. The molecule has 1 aromatic rings. The Morgan fingerprint density at radius 3 is 1.22 bits per heavy atom. The molecule has 1 aromatic carbocycles. The number of aliphatic hydroxyl groups excluding tert-OH is 1. The van der Waals surface area contributed by atoms with E-state index in [2.05, 4.69) is 37.3 Å². The summed E-state index contributed by atoms with van der Waals surface area (Å²) in [5, 5.41) is 20.4. The van der Waals surface area contributed by atoms with E-state index in [9.17, 15) is 10.2 Å². The van der Waals surface area contributed by atoms with Crippen molar-refractivity contribution in [3.8, 4) is 0 Å². The number of aliphatic hydroxyl groups is 2. The predicted molar refractivity (Wildman–Crippen MR) is 163 cm³/mol. The molecule has 1 atom stereocenters. The van der Waals surface area contributed by atoms with E-state index in [4.69, 9.17) is 0 Å². The standard InChI is InChI=1S/C35H64O2/c1-2-3-4-5-17-20-26-31-35(37,33-36)32-27-21-18-15-13-11-9-7-6-8-10-12-14-16-19-23-28-34-29-24-22-25-30-34/h22,24-25,29-30,36-37H,2-21,23,26-28,31-33H2,1H3. The van der Waals surface area contributed by atoms with E-state index in [0.29, 0.717) is 0 Å². The van der Waals surface area contributed by atoms with Crippen LogP contribution < -0.4 is 0 Å². The fourth-order valence-corrected chi connectivity index (χ4v) is 5.60. The minimum atomic E-state index is -0.828. The van der Waals surface area contributed by atoms with E-state index in [1.54, 1.807) is 0 Å². The molecule has 2 N–H and O–H groups in total. The van der Waals surface area contributed by atoms with Crippen LogP contribution in [0, 0.1) is 0 Å². The van der Waals surface area contributed by atoms with Crippen molar-refractivity contribution in [1.82, 2.24) is 0 Å². The first-order chi connectivity index (χ1) is 18.2. The van der Waals surface area contributed by atoms with E-state index < -0.39 is 5.60 Å². The van der Waals surface area contributed by atoms with Crippen LogP contribution in [0.1, 0.15) is 173 Å². The molecule has 0 saturated heterocycles. The van der Waals surface area contributed by atoms with Crippen LogP contribution in [0.2, 0.25) is 0 Å². The van der Waals surface area contributed by atoms with Gasteiger partial charge in [0.05, 0.1) is 12.2 Å². The Kier molecular flexibility index (Phi) is 23.5. The van der Waals surface area contributed by atoms with Gasteiger partial charge < -0.3 is 10.2 Å². The van der Waals surface area contributed by atoms with Gasteiger partial charge in [0.2, 0.25) is 0 Å². The molecule has 0 aliphatic heterocycles. The van der Waals surface area contributed by atoms with Crippen LogP contribution in [0.5, 0.6) is 0 Å². The van der Waals surface area contributed by atoms with Crippen LogP contribution in [0.3, 0.4) is 0 Å². The lowest BCUT2D eigenvalue weighted by atomic mass is 9.90. The fraction of sp³-hybridized carbons (Fsp3) is 0.829. The Bertz CT molecular complexity index is 572. The van der Waals surface area contributed by atoms with E-state index in [-0.39, 0.29) is 6.61 Å². The van der Waals surface area contributed by atoms with Crippen molar-refractivity contribution in [3.05, 3.63) is 35.9 Å². The second kappa shape index (κ2) is 25.4. The Labute approximate surface area is 232 Å². The molecule has 0 spiro atoms. The molecule has 1 unspecified atom stereocenters. The molecule has 0 aromatic heterocycles. The predicted octanol–water partition coefficient (Wildman–Crippen LogP) is 10.7. The van der Waals surface area contributed by atoms with Crippen LogP contribution in [-0.4, -0.2) is 22.4 Å². The Morgan fingerprint density at radius 2 is 0.838 bits per heavy atom. The molecule has 0 saturated carbocycles. The van der Waals surface area contributed by atoms with Crippen LogP contribution >= 0.6 is 0 Å². The third kappa shape index (κ3) is 21.7. The van der Waals surface area contributed by atoms with Crippen molar-refractivity contribution in [2.24, 2.45) is 0 Å². The lowest BCUT2D eigenvalue weighted by Crippen LogP contribution is -2.33. The fourth-order valence-electron chi connectivity index (χ4n) is 5.60. The van der Waals surface area contributed by atoms with Crippen molar-refractivity contribution in [1.29, 1.82) is 0 Å². The summed E-state index contributed by atoms with van der Waals surface area (Å²) in [6.45, 7) is 2.18. The molecule has 1 rings (SSSR count). The molecule has 216 valence electrons. The topological polar surface area (TPSA) is 40.5 Å². The third-order valence-electron chi connectivity index (χ3n) is 8.24. The minimum Gasteiger partial charge on any atom is -0.393 e. The highest BCUT2D eigenvalue weighted by atomic mass is 16.3. The summed E-state index contributed by atoms with van der Waals surface area (Å²) in [4.78, 5) is 0. The quantitative estimate of drug-likeness (QED) is 0.109. The second-order valence-corrected chi connectivity index (χ2v) is 11.9. The first-order valence-electron chi connectivity index (χ1n) is 16.6. The van der Waals surface area contributed by atoms with E-state index >= 15 is 0 Å². The number of hydrogen-bond donors (Lipinski definition) is 2. The SMILES string of the molecule is CCCCCCCCCC(O)(CO)CCCCCCCCCCCCCCCCCCc1ccccc1. The van der Waals surface area contributed by atoms with Gasteiger partial charge in [0.1, 0.15) is 0 Å². The zero-order chi connectivity index (χ0) is 26.7. The highest BCUT2D eigenvalue weighted by molar-refractivity contribution is 5.14. The molecule has 0 fully saturated rings. The van der Waals surface area contributed by atoms with Crippen molar-refractivity contribution in [2.45, 2.75) is 179 Å². The number of rotatable bonds is 28. The summed E-state index contributed by atoms with van der Waals surface area (Å²) in [5.41, 5.74) is 0.661. The van der Waals surface area contributed by atoms with E-state index in [0.717, 1.165) is 25.7 Å². The number of benzene rings is 1. The zero-order valence-electron chi connectivity index (χ0n) is 24.9. The highest BCUT2D eigenvalue weighted by Gasteiger charge is 2.24. The lowest BCUT2D eigenvalue weighted by Gasteiger charge is -2.26. The summed E-state index contributed by atoms with van der Waals surface area (Å²) in [7, 11) is 0. The van der Waals surface area contributed by atoms with Crippen molar-refractivity contribution in [2.75, 3.05) is 6.61 Å². The van der Waals surface area contributed by atoms with E-state index in [1.807, 2.05) is 0 Å². The van der Waals surface area contributed by atoms with Crippen molar-refractivity contribution in [3.63, 3.8) is 0 Å². The number of hydrogen-bond acceptors (Lipinski definition) is 2. The van der Waals surface area contributed by atoms with Gasteiger partial charge in [0.25, 0.3) is 0 Å². The highest BCUT2D eigenvalue weighted by Crippen LogP contribution is 2.23. The molecular formula is C35H64O2. The first kappa shape index (κ1) is 34.2. The summed E-state index contributed by atoms with van der Waals surface area (Å²) in [6, 6.07) is 10.9. The molecule has 0 amide bonds. The van der Waals surface area contributed by atoms with E-state index in [1.165, 1.54) is 147 Å².